The molecule has 35 heavy (non-hydrogen) atoms. The predicted octanol–water partition coefficient (Wildman–Crippen LogP) is 2.86. The van der Waals surface area contributed by atoms with Crippen molar-refractivity contribution < 1.29 is 30.0 Å². The summed E-state index contributed by atoms with van der Waals surface area (Å²) in [5.74, 6) is 0.236. The first-order chi connectivity index (χ1) is 16.4. The lowest BCUT2D eigenvalue weighted by Gasteiger charge is -2.63. The number of nitrogens with one attached hydrogen (secondary N) is 1. The van der Waals surface area contributed by atoms with Crippen molar-refractivity contribution in [2.45, 2.75) is 103 Å². The summed E-state index contributed by atoms with van der Waals surface area (Å²) < 4.78 is 0. The standard InChI is InChI=1S/C27H45NO6S/c1-14(4-7-21(30)28-20(13-35)25(33)34)16-5-6-17-22-18(9-11-26(16,17)2)27(3)10-8-15(29)12-19(27)23(31)24(22)32/h14-20,22-24,29,31-32,35H,4-13H2,1-3H3,(H,28,30)(H,33,34). The third kappa shape index (κ3) is 4.66. The molecule has 0 aromatic rings. The molecule has 0 aromatic carbocycles. The number of carbonyl (C=O) groups is 2. The Labute approximate surface area is 214 Å². The lowest BCUT2D eigenvalue weighted by molar-refractivity contribution is -0.223. The first kappa shape index (κ1) is 27.2. The second kappa shape index (κ2) is 10.1. The van der Waals surface area contributed by atoms with Crippen LogP contribution in [-0.4, -0.2) is 62.4 Å². The average Bonchev–Trinajstić information content (AvgIpc) is 3.17. The topological polar surface area (TPSA) is 127 Å². The molecule has 4 rings (SSSR count). The van der Waals surface area contributed by atoms with E-state index in [1.165, 1.54) is 0 Å². The summed E-state index contributed by atoms with van der Waals surface area (Å²) in [7, 11) is 0. The summed E-state index contributed by atoms with van der Waals surface area (Å²) in [6.45, 7) is 6.86. The Balaban J connectivity index is 1.45. The van der Waals surface area contributed by atoms with Crippen LogP contribution in [-0.2, 0) is 9.59 Å². The first-order valence-corrected chi connectivity index (χ1v) is 14.2. The van der Waals surface area contributed by atoms with Crippen LogP contribution >= 0.6 is 12.6 Å². The second-order valence-corrected chi connectivity index (χ2v) is 13.1. The lowest BCUT2D eigenvalue weighted by atomic mass is 9.43. The van der Waals surface area contributed by atoms with Crippen LogP contribution in [0.4, 0.5) is 0 Å². The molecule has 5 N–H and O–H groups in total. The van der Waals surface area contributed by atoms with Gasteiger partial charge in [-0.2, -0.15) is 12.6 Å². The number of fused-ring (bicyclic) bond motifs is 5. The fourth-order valence-electron chi connectivity index (χ4n) is 9.23. The van der Waals surface area contributed by atoms with E-state index in [0.29, 0.717) is 42.9 Å². The van der Waals surface area contributed by atoms with E-state index in [9.17, 15) is 24.9 Å². The molecule has 4 fully saturated rings. The van der Waals surface area contributed by atoms with Gasteiger partial charge in [-0.1, -0.05) is 20.8 Å². The molecule has 0 aliphatic heterocycles. The highest BCUT2D eigenvalue weighted by atomic mass is 32.1. The van der Waals surface area contributed by atoms with E-state index >= 15 is 0 Å². The van der Waals surface area contributed by atoms with Crippen molar-refractivity contribution in [3.8, 4) is 0 Å². The fraction of sp³-hybridized carbons (Fsp3) is 0.926. The maximum Gasteiger partial charge on any atom is 0.327 e. The Bertz CT molecular complexity index is 811. The maximum absolute atomic E-state index is 12.4. The summed E-state index contributed by atoms with van der Waals surface area (Å²) in [6.07, 6.45) is 5.57. The van der Waals surface area contributed by atoms with Crippen LogP contribution in [0.25, 0.3) is 0 Å². The molecule has 12 unspecified atom stereocenters. The SMILES string of the molecule is CC(CCC(=O)NC(CS)C(=O)O)C1CCC2C3C(O)C(O)C4CC(O)CCC4(C)C3CCC12C. The molecule has 4 saturated carbocycles. The van der Waals surface area contributed by atoms with E-state index in [0.717, 1.165) is 38.5 Å². The summed E-state index contributed by atoms with van der Waals surface area (Å²) >= 11 is 4.02. The molecule has 12 atom stereocenters. The molecule has 0 aromatic heterocycles. The number of carboxylic acids is 1. The van der Waals surface area contributed by atoms with Gasteiger partial charge >= 0.3 is 5.97 Å². The number of rotatable bonds is 7. The normalized spacial score (nSPS) is 46.6. The Morgan fingerprint density at radius 2 is 1.63 bits per heavy atom. The molecule has 0 bridgehead atoms. The summed E-state index contributed by atoms with van der Waals surface area (Å²) in [6, 6.07) is -0.963. The Morgan fingerprint density at radius 3 is 2.29 bits per heavy atom. The third-order valence-electron chi connectivity index (χ3n) is 11.1. The van der Waals surface area contributed by atoms with E-state index in [-0.39, 0.29) is 40.4 Å². The van der Waals surface area contributed by atoms with Crippen molar-refractivity contribution in [2.24, 2.45) is 46.3 Å². The summed E-state index contributed by atoms with van der Waals surface area (Å²) in [5.41, 5.74) is 0.0170. The highest BCUT2D eigenvalue weighted by Gasteiger charge is 2.65. The third-order valence-corrected chi connectivity index (χ3v) is 11.5. The molecule has 1 amide bonds. The Morgan fingerprint density at radius 1 is 0.971 bits per heavy atom. The van der Waals surface area contributed by atoms with E-state index < -0.39 is 24.2 Å². The van der Waals surface area contributed by atoms with Crippen molar-refractivity contribution in [1.29, 1.82) is 0 Å². The largest absolute Gasteiger partial charge is 0.480 e. The van der Waals surface area contributed by atoms with Gasteiger partial charge in [0.25, 0.3) is 0 Å². The quantitative estimate of drug-likeness (QED) is 0.292. The number of aliphatic hydroxyl groups is 3. The monoisotopic (exact) mass is 511 g/mol. The molecular formula is C27H45NO6S. The summed E-state index contributed by atoms with van der Waals surface area (Å²) in [5, 5.41) is 44.6. The van der Waals surface area contributed by atoms with Gasteiger partial charge in [-0.05, 0) is 97.7 Å². The van der Waals surface area contributed by atoms with Crippen LogP contribution in [0.2, 0.25) is 0 Å². The first-order valence-electron chi connectivity index (χ1n) is 13.6. The zero-order valence-corrected chi connectivity index (χ0v) is 22.3. The van der Waals surface area contributed by atoms with Crippen LogP contribution in [0.1, 0.15) is 78.6 Å². The molecule has 7 nitrogen and oxygen atoms in total. The van der Waals surface area contributed by atoms with Gasteiger partial charge in [-0.15, -0.1) is 0 Å². The Kier molecular flexibility index (Phi) is 7.89. The van der Waals surface area contributed by atoms with Crippen LogP contribution in [0, 0.1) is 46.3 Å². The second-order valence-electron chi connectivity index (χ2n) is 12.7. The molecule has 0 spiro atoms. The zero-order chi connectivity index (χ0) is 25.7. The number of thiol groups is 1. The van der Waals surface area contributed by atoms with Crippen LogP contribution < -0.4 is 5.32 Å². The molecule has 0 saturated heterocycles. The van der Waals surface area contributed by atoms with Gasteiger partial charge in [0.15, 0.2) is 0 Å². The molecule has 4 aliphatic carbocycles. The average molecular weight is 512 g/mol. The van der Waals surface area contributed by atoms with E-state index in [4.69, 9.17) is 5.11 Å². The molecule has 200 valence electrons. The van der Waals surface area contributed by atoms with Gasteiger partial charge in [0.2, 0.25) is 5.91 Å². The van der Waals surface area contributed by atoms with Gasteiger partial charge in [-0.3, -0.25) is 4.79 Å². The molecule has 8 heteroatoms. The molecule has 0 radical (unpaired) electrons. The number of hydrogen-bond donors (Lipinski definition) is 6. The van der Waals surface area contributed by atoms with Crippen LogP contribution in [0.15, 0.2) is 0 Å². The van der Waals surface area contributed by atoms with Gasteiger partial charge in [0.05, 0.1) is 18.3 Å². The number of carbonyl (C=O) groups excluding carboxylic acids is 1. The maximum atomic E-state index is 12.4. The highest BCUT2D eigenvalue weighted by molar-refractivity contribution is 7.80. The van der Waals surface area contributed by atoms with Crippen molar-refractivity contribution in [3.63, 3.8) is 0 Å². The van der Waals surface area contributed by atoms with Gasteiger partial charge in [0, 0.05) is 12.2 Å². The summed E-state index contributed by atoms with van der Waals surface area (Å²) in [4.78, 5) is 23.6. The van der Waals surface area contributed by atoms with Crippen molar-refractivity contribution >= 4 is 24.5 Å². The van der Waals surface area contributed by atoms with Crippen molar-refractivity contribution in [3.05, 3.63) is 0 Å². The predicted molar refractivity (Wildman–Crippen MR) is 136 cm³/mol. The molecule has 0 heterocycles. The smallest absolute Gasteiger partial charge is 0.327 e. The fourth-order valence-corrected chi connectivity index (χ4v) is 9.47. The minimum atomic E-state index is -1.07. The van der Waals surface area contributed by atoms with Crippen molar-refractivity contribution in [2.75, 3.05) is 5.75 Å². The minimum absolute atomic E-state index is 0.0423. The van der Waals surface area contributed by atoms with Gasteiger partial charge in [0.1, 0.15) is 6.04 Å². The minimum Gasteiger partial charge on any atom is -0.480 e. The van der Waals surface area contributed by atoms with Crippen molar-refractivity contribution in [1.82, 2.24) is 5.32 Å². The van der Waals surface area contributed by atoms with E-state index in [1.54, 1.807) is 0 Å². The number of amides is 1. The van der Waals surface area contributed by atoms with Crippen LogP contribution in [0.5, 0.6) is 0 Å². The molecule has 4 aliphatic rings. The van der Waals surface area contributed by atoms with Crippen LogP contribution in [0.3, 0.4) is 0 Å². The number of carboxylic acid groups (broad SMARTS) is 1. The van der Waals surface area contributed by atoms with Gasteiger partial charge < -0.3 is 25.7 Å². The number of aliphatic carboxylic acids is 1. The van der Waals surface area contributed by atoms with Gasteiger partial charge in [-0.25, -0.2) is 4.79 Å². The molecular weight excluding hydrogens is 466 g/mol. The highest BCUT2D eigenvalue weighted by Crippen LogP contribution is 2.68. The van der Waals surface area contributed by atoms with E-state index in [2.05, 4.69) is 38.7 Å². The zero-order valence-electron chi connectivity index (χ0n) is 21.4. The Hall–Kier alpha value is -0.830. The van der Waals surface area contributed by atoms with E-state index in [1.807, 2.05) is 0 Å². The lowest BCUT2D eigenvalue weighted by Crippen LogP contribution is -2.64. The number of hydrogen-bond acceptors (Lipinski definition) is 6. The number of aliphatic hydroxyl groups excluding tert-OH is 3.